The molecule has 3 N–H and O–H groups in total. The largest absolute Gasteiger partial charge is 0.444 e. The Bertz CT molecular complexity index is 438. The molecule has 8 heteroatoms. The lowest BCUT2D eigenvalue weighted by Gasteiger charge is -2.26. The SMILES string of the molecule is CCNC(=NCC(NC(=O)OC(C)(C)C)C(C)C)N1CC[C@@H](O)C1.I. The molecule has 0 saturated carbocycles. The predicted molar refractivity (Wildman–Crippen MR) is 112 cm³/mol. The number of nitrogens with one attached hydrogen (secondary N) is 2. The van der Waals surface area contributed by atoms with E-state index in [9.17, 15) is 9.90 Å². The number of amides is 1. The van der Waals surface area contributed by atoms with E-state index in [4.69, 9.17) is 4.74 Å². The van der Waals surface area contributed by atoms with Gasteiger partial charge in [0.15, 0.2) is 5.96 Å². The van der Waals surface area contributed by atoms with Crippen LogP contribution in [0.2, 0.25) is 0 Å². The van der Waals surface area contributed by atoms with Gasteiger partial charge in [0.25, 0.3) is 0 Å². The fraction of sp³-hybridized carbons (Fsp3) is 0.882. The molecule has 0 bridgehead atoms. The van der Waals surface area contributed by atoms with E-state index in [0.717, 1.165) is 25.5 Å². The summed E-state index contributed by atoms with van der Waals surface area (Å²) < 4.78 is 5.33. The lowest BCUT2D eigenvalue weighted by atomic mass is 10.1. The van der Waals surface area contributed by atoms with E-state index < -0.39 is 11.7 Å². The minimum atomic E-state index is -0.518. The van der Waals surface area contributed by atoms with Gasteiger partial charge in [0, 0.05) is 19.6 Å². The van der Waals surface area contributed by atoms with Crippen LogP contribution in [0.25, 0.3) is 0 Å². The van der Waals surface area contributed by atoms with Crippen molar-refractivity contribution in [1.29, 1.82) is 0 Å². The molecule has 1 saturated heterocycles. The maximum Gasteiger partial charge on any atom is 0.407 e. The molecule has 0 spiro atoms. The van der Waals surface area contributed by atoms with E-state index in [1.807, 2.05) is 41.5 Å². The summed E-state index contributed by atoms with van der Waals surface area (Å²) in [5, 5.41) is 15.9. The summed E-state index contributed by atoms with van der Waals surface area (Å²) in [6.07, 6.45) is 0.0430. The highest BCUT2D eigenvalue weighted by Crippen LogP contribution is 2.11. The number of β-amino-alcohol motifs (C(OH)–C–C–N with tert-alkyl or cyclic N) is 1. The maximum atomic E-state index is 12.0. The quantitative estimate of drug-likeness (QED) is 0.326. The van der Waals surface area contributed by atoms with E-state index >= 15 is 0 Å². The van der Waals surface area contributed by atoms with Crippen LogP contribution in [0, 0.1) is 5.92 Å². The van der Waals surface area contributed by atoms with Crippen molar-refractivity contribution in [3.63, 3.8) is 0 Å². The topological polar surface area (TPSA) is 86.2 Å². The van der Waals surface area contributed by atoms with Crippen molar-refractivity contribution in [2.75, 3.05) is 26.2 Å². The lowest BCUT2D eigenvalue weighted by molar-refractivity contribution is 0.0493. The predicted octanol–water partition coefficient (Wildman–Crippen LogP) is 2.19. The van der Waals surface area contributed by atoms with Gasteiger partial charge in [0.2, 0.25) is 0 Å². The Morgan fingerprint density at radius 1 is 1.40 bits per heavy atom. The first kappa shape index (κ1) is 24.2. The van der Waals surface area contributed by atoms with Crippen molar-refractivity contribution in [3.8, 4) is 0 Å². The average Bonchev–Trinajstić information content (AvgIpc) is 2.86. The molecule has 1 fully saturated rings. The van der Waals surface area contributed by atoms with Gasteiger partial charge in [-0.15, -0.1) is 24.0 Å². The van der Waals surface area contributed by atoms with E-state index in [2.05, 4.69) is 20.5 Å². The summed E-state index contributed by atoms with van der Waals surface area (Å²) in [6, 6.07) is -0.110. The lowest BCUT2D eigenvalue weighted by Crippen LogP contribution is -2.45. The molecule has 2 atom stereocenters. The Kier molecular flexibility index (Phi) is 10.7. The highest BCUT2D eigenvalue weighted by molar-refractivity contribution is 14.0. The first-order valence-corrected chi connectivity index (χ1v) is 8.83. The second-order valence-electron chi connectivity index (χ2n) is 7.58. The van der Waals surface area contributed by atoms with Crippen LogP contribution in [0.3, 0.4) is 0 Å². The molecule has 1 amide bonds. The van der Waals surface area contributed by atoms with Gasteiger partial charge in [0.1, 0.15) is 5.60 Å². The van der Waals surface area contributed by atoms with Gasteiger partial charge in [-0.2, -0.15) is 0 Å². The number of likely N-dealkylation sites (tertiary alicyclic amines) is 1. The monoisotopic (exact) mass is 470 g/mol. The maximum absolute atomic E-state index is 12.0. The molecule has 1 aliphatic heterocycles. The fourth-order valence-electron chi connectivity index (χ4n) is 2.43. The number of carbonyl (C=O) groups is 1. The van der Waals surface area contributed by atoms with Crippen molar-refractivity contribution in [2.24, 2.45) is 10.9 Å². The van der Waals surface area contributed by atoms with Gasteiger partial charge in [-0.1, -0.05) is 13.8 Å². The van der Waals surface area contributed by atoms with Gasteiger partial charge >= 0.3 is 6.09 Å². The number of aliphatic hydroxyl groups is 1. The second-order valence-corrected chi connectivity index (χ2v) is 7.58. The third kappa shape index (κ3) is 9.48. The van der Waals surface area contributed by atoms with Gasteiger partial charge in [-0.25, -0.2) is 4.79 Å². The van der Waals surface area contributed by atoms with Crippen molar-refractivity contribution >= 4 is 36.0 Å². The number of hydrogen-bond donors (Lipinski definition) is 3. The van der Waals surface area contributed by atoms with Crippen LogP contribution < -0.4 is 10.6 Å². The van der Waals surface area contributed by atoms with Crippen LogP contribution in [-0.4, -0.2) is 66.0 Å². The third-order valence-corrected chi connectivity index (χ3v) is 3.74. The molecule has 25 heavy (non-hydrogen) atoms. The number of halogens is 1. The minimum Gasteiger partial charge on any atom is -0.444 e. The average molecular weight is 470 g/mol. The zero-order chi connectivity index (χ0) is 18.3. The molecule has 1 heterocycles. The number of rotatable bonds is 5. The fourth-order valence-corrected chi connectivity index (χ4v) is 2.43. The van der Waals surface area contributed by atoms with Crippen molar-refractivity contribution in [2.45, 2.75) is 65.7 Å². The number of guanidine groups is 1. The molecule has 0 aliphatic carbocycles. The molecule has 1 unspecified atom stereocenters. The number of nitrogens with zero attached hydrogens (tertiary/aromatic N) is 2. The molecule has 148 valence electrons. The van der Waals surface area contributed by atoms with Gasteiger partial charge < -0.3 is 25.4 Å². The highest BCUT2D eigenvalue weighted by atomic mass is 127. The molecule has 0 aromatic carbocycles. The van der Waals surface area contributed by atoms with E-state index in [1.165, 1.54) is 0 Å². The Labute approximate surface area is 169 Å². The number of hydrogen-bond acceptors (Lipinski definition) is 4. The highest BCUT2D eigenvalue weighted by Gasteiger charge is 2.24. The molecule has 1 rings (SSSR count). The molecule has 0 aromatic heterocycles. The van der Waals surface area contributed by atoms with Crippen LogP contribution in [0.15, 0.2) is 4.99 Å². The third-order valence-electron chi connectivity index (χ3n) is 3.74. The zero-order valence-electron chi connectivity index (χ0n) is 16.3. The number of alkyl carbamates (subject to hydrolysis) is 1. The van der Waals surface area contributed by atoms with E-state index in [-0.39, 0.29) is 42.0 Å². The van der Waals surface area contributed by atoms with Crippen LogP contribution >= 0.6 is 24.0 Å². The van der Waals surface area contributed by atoms with Crippen molar-refractivity contribution in [1.82, 2.24) is 15.5 Å². The Morgan fingerprint density at radius 2 is 2.04 bits per heavy atom. The zero-order valence-corrected chi connectivity index (χ0v) is 18.7. The Morgan fingerprint density at radius 3 is 2.48 bits per heavy atom. The standard InChI is InChI=1S/C17H34N4O3.HI/c1-7-18-15(21-9-8-13(22)11-21)19-10-14(12(2)3)20-16(23)24-17(4,5)6;/h12-14,22H,7-11H2,1-6H3,(H,18,19)(H,20,23);1H/t13-,14?;/m1./s1. The van der Waals surface area contributed by atoms with Crippen LogP contribution in [-0.2, 0) is 4.74 Å². The molecule has 7 nitrogen and oxygen atoms in total. The van der Waals surface area contributed by atoms with Crippen molar-refractivity contribution in [3.05, 3.63) is 0 Å². The van der Waals surface area contributed by atoms with E-state index in [0.29, 0.717) is 13.1 Å². The number of aliphatic imine (C=N–C) groups is 1. The summed E-state index contributed by atoms with van der Waals surface area (Å²) >= 11 is 0. The minimum absolute atomic E-state index is 0. The number of ether oxygens (including phenoxy) is 1. The van der Waals surface area contributed by atoms with Crippen LogP contribution in [0.1, 0.15) is 48.0 Å². The number of carbonyl (C=O) groups excluding carboxylic acids is 1. The molecule has 1 aliphatic rings. The first-order chi connectivity index (χ1) is 11.1. The summed E-state index contributed by atoms with van der Waals surface area (Å²) in [6.45, 7) is 14.2. The van der Waals surface area contributed by atoms with Crippen LogP contribution in [0.4, 0.5) is 4.79 Å². The normalized spacial score (nSPS) is 19.4. The smallest absolute Gasteiger partial charge is 0.407 e. The van der Waals surface area contributed by atoms with Crippen molar-refractivity contribution < 1.29 is 14.6 Å². The second kappa shape index (κ2) is 11.1. The Balaban J connectivity index is 0.00000576. The summed E-state index contributed by atoms with van der Waals surface area (Å²) in [5.41, 5.74) is -0.518. The van der Waals surface area contributed by atoms with Gasteiger partial charge in [-0.3, -0.25) is 4.99 Å². The molecule has 0 aromatic rings. The first-order valence-electron chi connectivity index (χ1n) is 8.83. The number of aliphatic hydroxyl groups excluding tert-OH is 1. The van der Waals surface area contributed by atoms with Gasteiger partial charge in [-0.05, 0) is 40.0 Å². The molecular formula is C17H35IN4O3. The Hall–Kier alpha value is -0.770. The summed E-state index contributed by atoms with van der Waals surface area (Å²) in [7, 11) is 0. The summed E-state index contributed by atoms with van der Waals surface area (Å²) in [5.74, 6) is 1.01. The molecule has 0 radical (unpaired) electrons. The van der Waals surface area contributed by atoms with Gasteiger partial charge in [0.05, 0.1) is 18.7 Å². The van der Waals surface area contributed by atoms with Crippen LogP contribution in [0.5, 0.6) is 0 Å². The van der Waals surface area contributed by atoms with E-state index in [1.54, 1.807) is 0 Å². The molecular weight excluding hydrogens is 435 g/mol. The summed E-state index contributed by atoms with van der Waals surface area (Å²) in [4.78, 5) is 18.7.